The lowest BCUT2D eigenvalue weighted by molar-refractivity contribution is -0.151. The van der Waals surface area contributed by atoms with Crippen LogP contribution < -0.4 is 9.47 Å². The maximum atomic E-state index is 12.8. The summed E-state index contributed by atoms with van der Waals surface area (Å²) in [5.41, 5.74) is 3.41. The largest absolute Gasteiger partial charge is 0.496 e. The van der Waals surface area contributed by atoms with Gasteiger partial charge in [0.1, 0.15) is 28.3 Å². The average molecular weight is 512 g/mol. The van der Waals surface area contributed by atoms with Crippen molar-refractivity contribution in [3.8, 4) is 22.2 Å². The van der Waals surface area contributed by atoms with Gasteiger partial charge < -0.3 is 19.1 Å². The zero-order valence-electron chi connectivity index (χ0n) is 21.8. The molecule has 192 valence electrons. The van der Waals surface area contributed by atoms with Crippen LogP contribution in [0.3, 0.4) is 0 Å². The van der Waals surface area contributed by atoms with Crippen molar-refractivity contribution >= 4 is 34.1 Å². The third-order valence-corrected chi connectivity index (χ3v) is 7.66. The van der Waals surface area contributed by atoms with E-state index >= 15 is 0 Å². The Morgan fingerprint density at radius 1 is 1.08 bits per heavy atom. The maximum absolute atomic E-state index is 12.8. The number of methoxy groups -OCH3 is 2. The second kappa shape index (κ2) is 10.4. The molecule has 3 atom stereocenters. The van der Waals surface area contributed by atoms with Crippen LogP contribution in [0.2, 0.25) is 0 Å². The van der Waals surface area contributed by atoms with Crippen LogP contribution in [-0.2, 0) is 14.3 Å². The van der Waals surface area contributed by atoms with Crippen molar-refractivity contribution in [3.05, 3.63) is 34.8 Å². The fourth-order valence-electron chi connectivity index (χ4n) is 4.76. The van der Waals surface area contributed by atoms with E-state index in [0.717, 1.165) is 32.9 Å². The van der Waals surface area contributed by atoms with Gasteiger partial charge in [-0.1, -0.05) is 13.8 Å². The summed E-state index contributed by atoms with van der Waals surface area (Å²) < 4.78 is 17.1. The minimum atomic E-state index is -0.545. The Balaban J connectivity index is 1.76. The Kier molecular flexibility index (Phi) is 7.49. The van der Waals surface area contributed by atoms with Crippen molar-refractivity contribution in [1.29, 1.82) is 0 Å². The molecular weight excluding hydrogens is 478 g/mol. The number of aromatic nitrogens is 2. The predicted molar refractivity (Wildman–Crippen MR) is 140 cm³/mol. The molecule has 3 aromatic rings. The fourth-order valence-corrected chi connectivity index (χ4v) is 5.70. The number of pyridine rings is 1. The third kappa shape index (κ3) is 4.89. The van der Waals surface area contributed by atoms with Crippen LogP contribution in [0.5, 0.6) is 11.5 Å². The maximum Gasteiger partial charge on any atom is 0.309 e. The number of aryl methyl sites for hydroxylation is 1. The van der Waals surface area contributed by atoms with Crippen molar-refractivity contribution in [2.45, 2.75) is 45.6 Å². The van der Waals surface area contributed by atoms with Crippen LogP contribution in [-0.4, -0.2) is 61.2 Å². The van der Waals surface area contributed by atoms with Crippen LogP contribution in [0.1, 0.15) is 43.9 Å². The molecule has 0 N–H and O–H groups in total. The summed E-state index contributed by atoms with van der Waals surface area (Å²) in [7, 11) is 6.39. The molecule has 1 aromatic carbocycles. The number of thiazole rings is 1. The first-order valence-corrected chi connectivity index (χ1v) is 12.9. The second-order valence-electron chi connectivity index (χ2n) is 9.71. The summed E-state index contributed by atoms with van der Waals surface area (Å²) in [6.45, 7) is 6.19. The SMILES string of the molecule is COC(=O)[C@@H]1C[C@@H](Oc2cc(-c3nc(C(C)C)cs3)nc3c(C)c(OC)ccc23)C[C@H]1C(=O)N(C)C. The Morgan fingerprint density at radius 3 is 2.42 bits per heavy atom. The lowest BCUT2D eigenvalue weighted by atomic mass is 9.95. The van der Waals surface area contributed by atoms with Gasteiger partial charge in [-0.3, -0.25) is 9.59 Å². The summed E-state index contributed by atoms with van der Waals surface area (Å²) in [5.74, 6) is 0.189. The van der Waals surface area contributed by atoms with E-state index in [1.807, 2.05) is 25.1 Å². The number of carbonyl (C=O) groups is 2. The molecule has 1 saturated carbocycles. The van der Waals surface area contributed by atoms with Gasteiger partial charge in [0.15, 0.2) is 0 Å². The minimum absolute atomic E-state index is 0.0960. The van der Waals surface area contributed by atoms with E-state index in [9.17, 15) is 9.59 Å². The standard InChI is InChI=1S/C27H33N3O5S/c1-14(2)21-13-36-25(29-21)20-12-23(17-8-9-22(33-6)15(3)24(17)28-20)35-16-10-18(26(31)30(4)5)19(11-16)27(32)34-7/h8-9,12-14,16,18-19H,10-11H2,1-7H3/t16-,18+,19+/m0/s1. The van der Waals surface area contributed by atoms with Gasteiger partial charge in [0.05, 0.1) is 37.3 Å². The van der Waals surface area contributed by atoms with Crippen LogP contribution in [0.25, 0.3) is 21.6 Å². The van der Waals surface area contributed by atoms with Gasteiger partial charge in [0.25, 0.3) is 0 Å². The van der Waals surface area contributed by atoms with Gasteiger partial charge in [-0.2, -0.15) is 0 Å². The number of nitrogens with zero attached hydrogens (tertiary/aromatic N) is 3. The van der Waals surface area contributed by atoms with Crippen LogP contribution in [0.15, 0.2) is 23.6 Å². The Labute approximate surface area is 215 Å². The molecule has 36 heavy (non-hydrogen) atoms. The molecule has 0 unspecified atom stereocenters. The molecule has 0 aliphatic heterocycles. The molecule has 9 heteroatoms. The third-order valence-electron chi connectivity index (χ3n) is 6.77. The van der Waals surface area contributed by atoms with Crippen LogP contribution in [0, 0.1) is 18.8 Å². The van der Waals surface area contributed by atoms with Gasteiger partial charge in [-0.15, -0.1) is 11.3 Å². The van der Waals surface area contributed by atoms with Crippen LogP contribution in [0.4, 0.5) is 0 Å². The molecule has 0 radical (unpaired) electrons. The summed E-state index contributed by atoms with van der Waals surface area (Å²) in [6, 6.07) is 5.74. The first kappa shape index (κ1) is 25.9. The number of rotatable bonds is 7. The van der Waals surface area contributed by atoms with Crippen molar-refractivity contribution < 1.29 is 23.8 Å². The molecule has 2 aromatic heterocycles. The van der Waals surface area contributed by atoms with E-state index in [2.05, 4.69) is 19.2 Å². The highest BCUT2D eigenvalue weighted by Crippen LogP contribution is 2.40. The van der Waals surface area contributed by atoms with Crippen molar-refractivity contribution in [2.24, 2.45) is 11.8 Å². The summed E-state index contributed by atoms with van der Waals surface area (Å²) in [5, 5.41) is 3.71. The minimum Gasteiger partial charge on any atom is -0.496 e. The van der Waals surface area contributed by atoms with E-state index in [1.165, 1.54) is 12.0 Å². The molecule has 0 bridgehead atoms. The number of fused-ring (bicyclic) bond motifs is 1. The lowest BCUT2D eigenvalue weighted by Crippen LogP contribution is -2.34. The van der Waals surface area contributed by atoms with Crippen LogP contribution >= 0.6 is 11.3 Å². The predicted octanol–water partition coefficient (Wildman–Crippen LogP) is 4.83. The summed E-state index contributed by atoms with van der Waals surface area (Å²) in [4.78, 5) is 36.6. The smallest absolute Gasteiger partial charge is 0.309 e. The normalized spacial score (nSPS) is 19.5. The molecule has 1 aliphatic rings. The van der Waals surface area contributed by atoms with E-state index in [4.69, 9.17) is 24.2 Å². The van der Waals surface area contributed by atoms with Gasteiger partial charge in [0.2, 0.25) is 5.91 Å². The Bertz CT molecular complexity index is 1290. The highest BCUT2D eigenvalue weighted by atomic mass is 32.1. The molecular formula is C27H33N3O5S. The second-order valence-corrected chi connectivity index (χ2v) is 10.6. The molecule has 0 spiro atoms. The average Bonchev–Trinajstić information content (AvgIpc) is 3.51. The number of benzene rings is 1. The van der Waals surface area contributed by atoms with Gasteiger partial charge >= 0.3 is 5.97 Å². The monoisotopic (exact) mass is 511 g/mol. The van der Waals surface area contributed by atoms with Crippen molar-refractivity contribution in [2.75, 3.05) is 28.3 Å². The number of esters is 1. The van der Waals surface area contributed by atoms with E-state index in [0.29, 0.717) is 30.2 Å². The molecule has 0 saturated heterocycles. The number of ether oxygens (including phenoxy) is 3. The van der Waals surface area contributed by atoms with E-state index in [-0.39, 0.29) is 18.0 Å². The molecule has 8 nitrogen and oxygen atoms in total. The van der Waals surface area contributed by atoms with Crippen molar-refractivity contribution in [1.82, 2.24) is 14.9 Å². The summed E-state index contributed by atoms with van der Waals surface area (Å²) in [6.07, 6.45) is 0.506. The molecule has 1 fully saturated rings. The molecule has 1 aliphatic carbocycles. The number of hydrogen-bond donors (Lipinski definition) is 0. The topological polar surface area (TPSA) is 90.9 Å². The number of amides is 1. The number of hydrogen-bond acceptors (Lipinski definition) is 8. The Hall–Kier alpha value is -3.20. The zero-order chi connectivity index (χ0) is 26.1. The van der Waals surface area contributed by atoms with Crippen molar-refractivity contribution in [3.63, 3.8) is 0 Å². The first-order chi connectivity index (χ1) is 17.1. The Morgan fingerprint density at radius 2 is 1.81 bits per heavy atom. The van der Waals surface area contributed by atoms with E-state index in [1.54, 1.807) is 32.5 Å². The molecule has 1 amide bonds. The highest BCUT2D eigenvalue weighted by molar-refractivity contribution is 7.13. The highest BCUT2D eigenvalue weighted by Gasteiger charge is 2.45. The molecule has 4 rings (SSSR count). The van der Waals surface area contributed by atoms with Gasteiger partial charge in [0, 0.05) is 36.5 Å². The summed E-state index contributed by atoms with van der Waals surface area (Å²) >= 11 is 1.55. The van der Waals surface area contributed by atoms with E-state index < -0.39 is 11.8 Å². The quantitative estimate of drug-likeness (QED) is 0.420. The zero-order valence-corrected chi connectivity index (χ0v) is 22.6. The lowest BCUT2D eigenvalue weighted by Gasteiger charge is -2.20. The molecule has 2 heterocycles. The number of carbonyl (C=O) groups excluding carboxylic acids is 2. The first-order valence-electron chi connectivity index (χ1n) is 12.0. The fraction of sp³-hybridized carbons (Fsp3) is 0.481. The van der Waals surface area contributed by atoms with Gasteiger partial charge in [-0.25, -0.2) is 9.97 Å². The van der Waals surface area contributed by atoms with Gasteiger partial charge in [-0.05, 0) is 37.8 Å².